The number of carbonyl (C=O) groups is 1. The molecule has 0 radical (unpaired) electrons. The molecule has 0 aromatic carbocycles. The Morgan fingerprint density at radius 1 is 1.21 bits per heavy atom. The first kappa shape index (κ1) is 19.6. The highest BCUT2D eigenvalue weighted by Gasteiger charge is 2.41. The maximum Gasteiger partial charge on any atom is 0.410 e. The third kappa shape index (κ3) is 5.37. The van der Waals surface area contributed by atoms with E-state index < -0.39 is 5.60 Å². The number of nitrogens with one attached hydrogen (secondary N) is 1. The fourth-order valence-corrected chi connectivity index (χ4v) is 4.44. The van der Waals surface area contributed by atoms with Gasteiger partial charge in [0.2, 0.25) is 0 Å². The van der Waals surface area contributed by atoms with Crippen molar-refractivity contribution in [1.82, 2.24) is 10.2 Å². The van der Waals surface area contributed by atoms with Crippen LogP contribution in [0.4, 0.5) is 4.79 Å². The monoisotopic (exact) mass is 338 g/mol. The number of amides is 1. The molecular formula is C20H38N2O2. The minimum absolute atomic E-state index is 0.131. The smallest absolute Gasteiger partial charge is 0.410 e. The van der Waals surface area contributed by atoms with Crippen molar-refractivity contribution in [3.8, 4) is 0 Å². The molecule has 0 aromatic rings. The molecule has 0 bridgehead atoms. The molecule has 4 heteroatoms. The first-order valence-corrected chi connectivity index (χ1v) is 9.88. The lowest BCUT2D eigenvalue weighted by molar-refractivity contribution is -0.00671. The average Bonchev–Trinajstić information content (AvgIpc) is 2.49. The Balaban J connectivity index is 1.92. The summed E-state index contributed by atoms with van der Waals surface area (Å²) in [7, 11) is 0. The number of piperidine rings is 1. The van der Waals surface area contributed by atoms with Crippen molar-refractivity contribution in [3.63, 3.8) is 0 Å². The number of fused-ring (bicyclic) bond motifs is 1. The van der Waals surface area contributed by atoms with Crippen LogP contribution >= 0.6 is 0 Å². The van der Waals surface area contributed by atoms with E-state index in [1.807, 2.05) is 25.7 Å². The number of carbonyl (C=O) groups excluding carboxylic acids is 1. The van der Waals surface area contributed by atoms with Gasteiger partial charge < -0.3 is 15.0 Å². The van der Waals surface area contributed by atoms with Gasteiger partial charge in [0.05, 0.1) is 0 Å². The highest BCUT2D eigenvalue weighted by Crippen LogP contribution is 2.42. The van der Waals surface area contributed by atoms with Gasteiger partial charge >= 0.3 is 6.09 Å². The summed E-state index contributed by atoms with van der Waals surface area (Å²) in [5.74, 6) is 2.85. The van der Waals surface area contributed by atoms with E-state index in [2.05, 4.69) is 26.1 Å². The number of hydrogen-bond acceptors (Lipinski definition) is 3. The lowest BCUT2D eigenvalue weighted by Crippen LogP contribution is -2.51. The minimum atomic E-state index is -0.404. The molecule has 2 aliphatic rings. The molecule has 4 atom stereocenters. The Hall–Kier alpha value is -0.770. The van der Waals surface area contributed by atoms with E-state index in [9.17, 15) is 4.79 Å². The first-order valence-electron chi connectivity index (χ1n) is 9.88. The van der Waals surface area contributed by atoms with Gasteiger partial charge in [0.15, 0.2) is 0 Å². The fourth-order valence-electron chi connectivity index (χ4n) is 4.44. The summed E-state index contributed by atoms with van der Waals surface area (Å²) in [6, 6.07) is 0.577. The van der Waals surface area contributed by atoms with E-state index in [4.69, 9.17) is 4.74 Å². The van der Waals surface area contributed by atoms with Crippen LogP contribution in [0.1, 0.15) is 67.2 Å². The van der Waals surface area contributed by atoms with Crippen LogP contribution in [0, 0.1) is 23.7 Å². The number of nitrogens with zero attached hydrogens (tertiary/aromatic N) is 1. The highest BCUT2D eigenvalue weighted by molar-refractivity contribution is 5.68. The summed E-state index contributed by atoms with van der Waals surface area (Å²) in [6.07, 6.45) is 4.88. The van der Waals surface area contributed by atoms with Gasteiger partial charge in [-0.25, -0.2) is 4.79 Å². The Labute approximate surface area is 148 Å². The van der Waals surface area contributed by atoms with Crippen molar-refractivity contribution in [3.05, 3.63) is 0 Å². The molecule has 0 spiro atoms. The molecule has 4 unspecified atom stereocenters. The molecule has 1 amide bonds. The number of likely N-dealkylation sites (tertiary alicyclic amines) is 1. The van der Waals surface area contributed by atoms with Crippen LogP contribution in [-0.4, -0.2) is 42.3 Å². The number of ether oxygens (including phenoxy) is 1. The van der Waals surface area contributed by atoms with E-state index in [1.165, 1.54) is 19.3 Å². The van der Waals surface area contributed by atoms with E-state index >= 15 is 0 Å². The van der Waals surface area contributed by atoms with Gasteiger partial charge in [-0.2, -0.15) is 0 Å². The Kier molecular flexibility index (Phi) is 6.58. The van der Waals surface area contributed by atoms with Crippen LogP contribution < -0.4 is 5.32 Å². The third-order valence-electron chi connectivity index (χ3n) is 5.60. The second-order valence-electron chi connectivity index (χ2n) is 9.32. The Morgan fingerprint density at radius 2 is 1.92 bits per heavy atom. The lowest BCUT2D eigenvalue weighted by atomic mass is 9.66. The number of hydrogen-bond donors (Lipinski definition) is 1. The van der Waals surface area contributed by atoms with Crippen LogP contribution in [-0.2, 0) is 4.74 Å². The van der Waals surface area contributed by atoms with Crippen molar-refractivity contribution in [2.75, 3.05) is 19.6 Å². The van der Waals surface area contributed by atoms with Gasteiger partial charge in [-0.15, -0.1) is 0 Å². The Morgan fingerprint density at radius 3 is 2.54 bits per heavy atom. The first-order chi connectivity index (χ1) is 11.2. The van der Waals surface area contributed by atoms with E-state index in [0.29, 0.717) is 17.9 Å². The van der Waals surface area contributed by atoms with Crippen molar-refractivity contribution in [2.45, 2.75) is 78.9 Å². The zero-order chi connectivity index (χ0) is 17.9. The third-order valence-corrected chi connectivity index (χ3v) is 5.60. The van der Waals surface area contributed by atoms with Gasteiger partial charge in [-0.3, -0.25) is 0 Å². The van der Waals surface area contributed by atoms with E-state index in [-0.39, 0.29) is 6.09 Å². The van der Waals surface area contributed by atoms with Gasteiger partial charge in [0.1, 0.15) is 5.60 Å². The summed E-state index contributed by atoms with van der Waals surface area (Å²) in [5, 5.41) is 3.74. The average molecular weight is 339 g/mol. The molecule has 1 saturated carbocycles. The van der Waals surface area contributed by atoms with Gasteiger partial charge in [0, 0.05) is 19.1 Å². The molecular weight excluding hydrogens is 300 g/mol. The maximum absolute atomic E-state index is 12.4. The van der Waals surface area contributed by atoms with Crippen LogP contribution in [0.3, 0.4) is 0 Å². The summed E-state index contributed by atoms with van der Waals surface area (Å²) in [4.78, 5) is 14.3. The van der Waals surface area contributed by atoms with Crippen LogP contribution in [0.25, 0.3) is 0 Å². The predicted octanol–water partition coefficient (Wildman–Crippen LogP) is 4.29. The van der Waals surface area contributed by atoms with Crippen molar-refractivity contribution in [1.29, 1.82) is 0 Å². The van der Waals surface area contributed by atoms with Crippen molar-refractivity contribution < 1.29 is 9.53 Å². The number of rotatable bonds is 4. The largest absolute Gasteiger partial charge is 0.444 e. The van der Waals surface area contributed by atoms with Crippen molar-refractivity contribution in [2.24, 2.45) is 23.7 Å². The van der Waals surface area contributed by atoms with E-state index in [1.54, 1.807) is 0 Å². The van der Waals surface area contributed by atoms with E-state index in [0.717, 1.165) is 37.9 Å². The van der Waals surface area contributed by atoms with Gasteiger partial charge in [-0.05, 0) is 77.2 Å². The second-order valence-corrected chi connectivity index (χ2v) is 9.32. The molecule has 1 N–H and O–H groups in total. The SMILES string of the molecule is CC(C)CNC(C)C1CCCC2CN(C(=O)OC(C)(C)C)CCC21. The molecule has 1 heterocycles. The topological polar surface area (TPSA) is 41.6 Å². The molecule has 2 fully saturated rings. The van der Waals surface area contributed by atoms with Crippen LogP contribution in [0.5, 0.6) is 0 Å². The lowest BCUT2D eigenvalue weighted by Gasteiger charge is -2.47. The standard InChI is InChI=1S/C20H38N2O2/c1-14(2)12-21-15(3)17-9-7-8-16-13-22(11-10-18(16)17)19(23)24-20(4,5)6/h14-18,21H,7-13H2,1-6H3. The zero-order valence-corrected chi connectivity index (χ0v) is 16.6. The van der Waals surface area contributed by atoms with Gasteiger partial charge in [-0.1, -0.05) is 20.3 Å². The second kappa shape index (κ2) is 8.07. The Bertz CT molecular complexity index is 416. The molecule has 24 heavy (non-hydrogen) atoms. The minimum Gasteiger partial charge on any atom is -0.444 e. The summed E-state index contributed by atoms with van der Waals surface area (Å²) < 4.78 is 5.57. The molecule has 1 saturated heterocycles. The summed E-state index contributed by atoms with van der Waals surface area (Å²) in [5.41, 5.74) is -0.404. The molecule has 1 aliphatic carbocycles. The maximum atomic E-state index is 12.4. The molecule has 1 aliphatic heterocycles. The van der Waals surface area contributed by atoms with Crippen LogP contribution in [0.2, 0.25) is 0 Å². The predicted molar refractivity (Wildman–Crippen MR) is 99.0 cm³/mol. The zero-order valence-electron chi connectivity index (χ0n) is 16.6. The quantitative estimate of drug-likeness (QED) is 0.831. The highest BCUT2D eigenvalue weighted by atomic mass is 16.6. The van der Waals surface area contributed by atoms with Gasteiger partial charge in [0.25, 0.3) is 0 Å². The molecule has 140 valence electrons. The van der Waals surface area contributed by atoms with Crippen LogP contribution in [0.15, 0.2) is 0 Å². The summed E-state index contributed by atoms with van der Waals surface area (Å²) in [6.45, 7) is 15.5. The molecule has 0 aromatic heterocycles. The fraction of sp³-hybridized carbons (Fsp3) is 0.950. The molecule has 2 rings (SSSR count). The summed E-state index contributed by atoms with van der Waals surface area (Å²) >= 11 is 0. The normalized spacial score (nSPS) is 29.3. The van der Waals surface area contributed by atoms with Crippen molar-refractivity contribution >= 4 is 6.09 Å². The molecule has 4 nitrogen and oxygen atoms in total.